The quantitative estimate of drug-likeness (QED) is 0.641. The Labute approximate surface area is 179 Å². The Morgan fingerprint density at radius 2 is 1.87 bits per heavy atom. The minimum absolute atomic E-state index is 0.0533. The van der Waals surface area contributed by atoms with Crippen molar-refractivity contribution >= 4 is 23.2 Å². The van der Waals surface area contributed by atoms with Crippen LogP contribution in [0.1, 0.15) is 19.5 Å². The van der Waals surface area contributed by atoms with E-state index in [9.17, 15) is 14.4 Å². The number of nitrogens with zero attached hydrogens (tertiary/aromatic N) is 4. The van der Waals surface area contributed by atoms with E-state index in [1.54, 1.807) is 12.3 Å². The molecule has 0 radical (unpaired) electrons. The van der Waals surface area contributed by atoms with E-state index in [4.69, 9.17) is 33.2 Å². The van der Waals surface area contributed by atoms with E-state index in [0.29, 0.717) is 12.3 Å². The second kappa shape index (κ2) is 8.57. The van der Waals surface area contributed by atoms with Crippen molar-refractivity contribution in [3.05, 3.63) is 77.4 Å². The number of H-pyrrole nitrogens is 1. The van der Waals surface area contributed by atoms with Gasteiger partial charge in [-0.25, -0.2) is 4.79 Å². The summed E-state index contributed by atoms with van der Waals surface area (Å²) in [5.74, 6) is 0.707. The van der Waals surface area contributed by atoms with Crippen molar-refractivity contribution in [2.24, 2.45) is 5.92 Å². The number of pyridine rings is 1. The van der Waals surface area contributed by atoms with Gasteiger partial charge in [0.1, 0.15) is 11.8 Å². The Hall–Kier alpha value is -3.35. The summed E-state index contributed by atoms with van der Waals surface area (Å²) in [5.41, 5.74) is -2.29. The smallest absolute Gasteiger partial charge is 0.349 e. The van der Waals surface area contributed by atoms with E-state index >= 15 is 0 Å². The fraction of sp³-hybridized carbons (Fsp3) is 0.211. The largest absolute Gasteiger partial charge is 0.453 e. The second-order valence-corrected chi connectivity index (χ2v) is 7.54. The first kappa shape index (κ1) is 21.4. The van der Waals surface area contributed by atoms with Crippen molar-refractivity contribution in [3.8, 4) is 23.3 Å². The van der Waals surface area contributed by atoms with Gasteiger partial charge in [-0.05, 0) is 24.1 Å². The highest BCUT2D eigenvalue weighted by Gasteiger charge is 2.15. The van der Waals surface area contributed by atoms with Gasteiger partial charge in [0.2, 0.25) is 5.69 Å². The molecule has 0 bridgehead atoms. The summed E-state index contributed by atoms with van der Waals surface area (Å²) in [6.45, 7) is 4.48. The highest BCUT2D eigenvalue weighted by molar-refractivity contribution is 6.37. The van der Waals surface area contributed by atoms with E-state index in [1.807, 2.05) is 18.8 Å². The third-order valence-electron chi connectivity index (χ3n) is 3.90. The summed E-state index contributed by atoms with van der Waals surface area (Å²) in [5, 5.41) is 12.8. The number of nitriles is 1. The molecule has 30 heavy (non-hydrogen) atoms. The van der Waals surface area contributed by atoms with Gasteiger partial charge in [-0.2, -0.15) is 9.94 Å². The fourth-order valence-corrected chi connectivity index (χ4v) is 3.19. The molecule has 0 aliphatic rings. The van der Waals surface area contributed by atoms with Crippen LogP contribution in [0.25, 0.3) is 5.69 Å². The molecule has 0 aliphatic carbocycles. The number of halogens is 2. The number of aromatic amines is 1. The third kappa shape index (κ3) is 4.45. The zero-order valence-electron chi connectivity index (χ0n) is 15.8. The van der Waals surface area contributed by atoms with E-state index < -0.39 is 16.9 Å². The topological polar surface area (TPSA) is 123 Å². The first-order valence-electron chi connectivity index (χ1n) is 8.71. The first-order valence-corrected chi connectivity index (χ1v) is 9.46. The predicted molar refractivity (Wildman–Crippen MR) is 111 cm³/mol. The van der Waals surface area contributed by atoms with Crippen molar-refractivity contribution < 1.29 is 4.74 Å². The maximum Gasteiger partial charge on any atom is 0.349 e. The lowest BCUT2D eigenvalue weighted by Crippen LogP contribution is -2.33. The van der Waals surface area contributed by atoms with Gasteiger partial charge in [0.25, 0.3) is 11.1 Å². The van der Waals surface area contributed by atoms with Gasteiger partial charge in [0, 0.05) is 18.8 Å². The highest BCUT2D eigenvalue weighted by atomic mass is 35.5. The van der Waals surface area contributed by atoms with E-state index in [-0.39, 0.29) is 33.0 Å². The monoisotopic (exact) mass is 447 g/mol. The van der Waals surface area contributed by atoms with Gasteiger partial charge in [-0.3, -0.25) is 14.6 Å². The van der Waals surface area contributed by atoms with Crippen molar-refractivity contribution in [2.45, 2.75) is 20.4 Å². The maximum atomic E-state index is 12.1. The summed E-state index contributed by atoms with van der Waals surface area (Å²) in [6.07, 6.45) is 1.55. The molecule has 0 aliphatic heterocycles. The zero-order chi connectivity index (χ0) is 22.0. The second-order valence-electron chi connectivity index (χ2n) is 6.72. The predicted octanol–water partition coefficient (Wildman–Crippen LogP) is 2.71. The highest BCUT2D eigenvalue weighted by Crippen LogP contribution is 2.37. The summed E-state index contributed by atoms with van der Waals surface area (Å²) in [7, 11) is 0. The third-order valence-corrected chi connectivity index (χ3v) is 4.46. The molecule has 0 unspecified atom stereocenters. The minimum Gasteiger partial charge on any atom is -0.453 e. The average molecular weight is 448 g/mol. The van der Waals surface area contributed by atoms with Crippen LogP contribution in [0.2, 0.25) is 10.0 Å². The number of rotatable bonds is 5. The fourth-order valence-electron chi connectivity index (χ4n) is 2.64. The maximum absolute atomic E-state index is 12.1. The van der Waals surface area contributed by atoms with Crippen LogP contribution in [-0.2, 0) is 6.54 Å². The average Bonchev–Trinajstić information content (AvgIpc) is 2.66. The van der Waals surface area contributed by atoms with Crippen LogP contribution in [0, 0.1) is 17.2 Å². The SMILES string of the molecule is CC(C)Cn1cc(Oc2c(Cl)cc(-n3nc(C#N)c(=O)[nH]c3=O)cc2Cl)ccc1=O. The number of nitrogens with one attached hydrogen (secondary N) is 1. The van der Waals surface area contributed by atoms with Crippen LogP contribution in [0.5, 0.6) is 11.5 Å². The van der Waals surface area contributed by atoms with Gasteiger partial charge in [0.15, 0.2) is 5.75 Å². The van der Waals surface area contributed by atoms with Crippen LogP contribution >= 0.6 is 23.2 Å². The van der Waals surface area contributed by atoms with Crippen molar-refractivity contribution in [1.82, 2.24) is 19.3 Å². The van der Waals surface area contributed by atoms with E-state index in [0.717, 1.165) is 4.68 Å². The van der Waals surface area contributed by atoms with Crippen molar-refractivity contribution in [1.29, 1.82) is 5.26 Å². The molecule has 2 aromatic heterocycles. The van der Waals surface area contributed by atoms with E-state index in [2.05, 4.69) is 5.10 Å². The molecule has 3 aromatic rings. The number of hydrogen-bond donors (Lipinski definition) is 1. The molecule has 0 amide bonds. The number of hydrogen-bond acceptors (Lipinski definition) is 6. The Balaban J connectivity index is 2.01. The molecule has 2 heterocycles. The Morgan fingerprint density at radius 1 is 1.20 bits per heavy atom. The zero-order valence-corrected chi connectivity index (χ0v) is 17.4. The summed E-state index contributed by atoms with van der Waals surface area (Å²) >= 11 is 12.6. The normalized spacial score (nSPS) is 10.8. The van der Waals surface area contributed by atoms with Gasteiger partial charge < -0.3 is 9.30 Å². The molecule has 0 saturated carbocycles. The van der Waals surface area contributed by atoms with E-state index in [1.165, 1.54) is 28.8 Å². The lowest BCUT2D eigenvalue weighted by atomic mass is 10.2. The van der Waals surface area contributed by atoms with Gasteiger partial charge >= 0.3 is 5.69 Å². The van der Waals surface area contributed by atoms with Gasteiger partial charge in [-0.1, -0.05) is 37.0 Å². The molecule has 0 saturated heterocycles. The summed E-state index contributed by atoms with van der Waals surface area (Å²) < 4.78 is 8.07. The van der Waals surface area contributed by atoms with Crippen molar-refractivity contribution in [2.75, 3.05) is 0 Å². The molecule has 11 heteroatoms. The molecule has 9 nitrogen and oxygen atoms in total. The molecule has 0 atom stereocenters. The molecular weight excluding hydrogens is 433 g/mol. The standard InChI is InChI=1S/C19H15Cl2N5O4/c1-10(2)8-25-9-12(3-4-16(25)27)30-17-13(20)5-11(6-14(17)21)26-19(29)23-18(28)15(7-22)24-26/h3-6,9-10H,8H2,1-2H3,(H,23,28,29). The molecule has 1 aromatic carbocycles. The number of benzene rings is 1. The Bertz CT molecular complexity index is 1310. The van der Waals surface area contributed by atoms with Gasteiger partial charge in [0.05, 0.1) is 15.7 Å². The van der Waals surface area contributed by atoms with Crippen LogP contribution in [0.15, 0.2) is 44.8 Å². The molecule has 3 rings (SSSR count). The molecule has 1 N–H and O–H groups in total. The molecular formula is C19H15Cl2N5O4. The van der Waals surface area contributed by atoms with Gasteiger partial charge in [-0.15, -0.1) is 5.10 Å². The van der Waals surface area contributed by atoms with Crippen LogP contribution in [0.4, 0.5) is 0 Å². The van der Waals surface area contributed by atoms with Crippen LogP contribution < -0.4 is 21.5 Å². The van der Waals surface area contributed by atoms with Crippen LogP contribution in [-0.4, -0.2) is 19.3 Å². The Morgan fingerprint density at radius 3 is 2.47 bits per heavy atom. The number of aromatic nitrogens is 4. The lowest BCUT2D eigenvalue weighted by Gasteiger charge is -2.14. The first-order chi connectivity index (χ1) is 14.2. The lowest BCUT2D eigenvalue weighted by molar-refractivity contribution is 0.458. The summed E-state index contributed by atoms with van der Waals surface area (Å²) in [4.78, 5) is 37.5. The van der Waals surface area contributed by atoms with Crippen LogP contribution in [0.3, 0.4) is 0 Å². The minimum atomic E-state index is -0.896. The molecule has 0 fully saturated rings. The number of ether oxygens (including phenoxy) is 1. The van der Waals surface area contributed by atoms with Crippen molar-refractivity contribution in [3.63, 3.8) is 0 Å². The molecule has 154 valence electrons. The Kier molecular flexibility index (Phi) is 6.10. The molecule has 0 spiro atoms. The summed E-state index contributed by atoms with van der Waals surface area (Å²) in [6, 6.07) is 7.16.